The number of rotatable bonds is 5. The molecule has 6 heteroatoms. The van der Waals surface area contributed by atoms with E-state index in [1.807, 2.05) is 30.5 Å². The van der Waals surface area contributed by atoms with E-state index >= 15 is 0 Å². The minimum absolute atomic E-state index is 0.0800. The van der Waals surface area contributed by atoms with Crippen LogP contribution in [0.1, 0.15) is 50.2 Å². The molecule has 3 heterocycles. The van der Waals surface area contributed by atoms with Crippen molar-refractivity contribution < 1.29 is 0 Å². The molecular formula is C27H33ClN5+. The summed E-state index contributed by atoms with van der Waals surface area (Å²) >= 11 is 6.65. The normalized spacial score (nSPS) is 25.0. The van der Waals surface area contributed by atoms with Gasteiger partial charge in [-0.3, -0.25) is 4.90 Å². The molecule has 1 unspecified atom stereocenters. The number of fused-ring (bicyclic) bond motifs is 1. The number of quaternary nitrogens is 1. The maximum absolute atomic E-state index is 10.0. The van der Waals surface area contributed by atoms with Gasteiger partial charge in [0, 0.05) is 44.5 Å². The second kappa shape index (κ2) is 9.19. The highest BCUT2D eigenvalue weighted by Gasteiger charge is 2.51. The van der Waals surface area contributed by atoms with Crippen molar-refractivity contribution >= 4 is 29.2 Å². The largest absolute Gasteiger partial charge is 0.301 e. The van der Waals surface area contributed by atoms with Gasteiger partial charge in [0.05, 0.1) is 16.1 Å². The van der Waals surface area contributed by atoms with Crippen molar-refractivity contribution in [1.29, 1.82) is 5.26 Å². The molecular weight excluding hydrogens is 430 g/mol. The molecule has 1 saturated carbocycles. The topological polar surface area (TPSA) is 43.2 Å². The summed E-state index contributed by atoms with van der Waals surface area (Å²) in [6, 6.07) is 12.3. The molecule has 2 fully saturated rings. The first-order chi connectivity index (χ1) is 16.1. The Kier molecular flexibility index (Phi) is 6.28. The Labute approximate surface area is 202 Å². The lowest BCUT2D eigenvalue weighted by atomic mass is 9.78. The van der Waals surface area contributed by atoms with Crippen molar-refractivity contribution in [2.24, 2.45) is 0 Å². The molecule has 0 radical (unpaired) electrons. The van der Waals surface area contributed by atoms with Crippen LogP contribution in [-0.4, -0.2) is 59.6 Å². The van der Waals surface area contributed by atoms with Crippen molar-refractivity contribution in [2.75, 3.05) is 39.3 Å². The quantitative estimate of drug-likeness (QED) is 0.545. The van der Waals surface area contributed by atoms with Gasteiger partial charge in [0.2, 0.25) is 0 Å². The van der Waals surface area contributed by atoms with Crippen LogP contribution in [0.5, 0.6) is 0 Å². The predicted molar refractivity (Wildman–Crippen MR) is 135 cm³/mol. The van der Waals surface area contributed by atoms with E-state index in [2.05, 4.69) is 41.1 Å². The smallest absolute Gasteiger partial charge is 0.255 e. The molecule has 1 atom stereocenters. The van der Waals surface area contributed by atoms with Crippen LogP contribution < -0.4 is 4.48 Å². The zero-order valence-electron chi connectivity index (χ0n) is 19.5. The first-order valence-electron chi connectivity index (χ1n) is 12.3. The van der Waals surface area contributed by atoms with E-state index in [0.717, 1.165) is 61.4 Å². The van der Waals surface area contributed by atoms with Crippen molar-refractivity contribution in [2.45, 2.75) is 44.6 Å². The lowest BCUT2D eigenvalue weighted by Crippen LogP contribution is -2.64. The number of aromatic nitrogens is 1. The van der Waals surface area contributed by atoms with Crippen molar-refractivity contribution in [3.05, 3.63) is 58.9 Å². The Morgan fingerprint density at radius 3 is 2.61 bits per heavy atom. The molecule has 1 aromatic heterocycles. The third-order valence-corrected chi connectivity index (χ3v) is 8.39. The van der Waals surface area contributed by atoms with E-state index in [1.54, 1.807) is 0 Å². The first kappa shape index (κ1) is 22.6. The summed E-state index contributed by atoms with van der Waals surface area (Å²) < 4.78 is 0.466. The summed E-state index contributed by atoms with van der Waals surface area (Å²) in [4.78, 5) is 10.1. The van der Waals surface area contributed by atoms with Crippen LogP contribution in [-0.2, 0) is 0 Å². The van der Waals surface area contributed by atoms with Gasteiger partial charge in [0.15, 0.2) is 5.69 Å². The van der Waals surface area contributed by atoms with Gasteiger partial charge in [-0.15, -0.1) is 0 Å². The summed E-state index contributed by atoms with van der Waals surface area (Å²) in [5.41, 5.74) is 2.90. The van der Waals surface area contributed by atoms with E-state index in [4.69, 9.17) is 16.6 Å². The van der Waals surface area contributed by atoms with Crippen molar-refractivity contribution in [3.63, 3.8) is 0 Å². The van der Waals surface area contributed by atoms with Gasteiger partial charge in [-0.05, 0) is 37.6 Å². The average Bonchev–Trinajstić information content (AvgIpc) is 3.25. The Balaban J connectivity index is 1.63. The fourth-order valence-corrected chi connectivity index (χ4v) is 6.54. The molecule has 2 aliphatic heterocycles. The summed E-state index contributed by atoms with van der Waals surface area (Å²) in [7, 11) is 0. The number of nitrogens with zero attached hydrogens (tertiary/aromatic N) is 5. The fourth-order valence-electron chi connectivity index (χ4n) is 6.31. The second-order valence-electron chi connectivity index (χ2n) is 9.71. The Hall–Kier alpha value is -2.23. The van der Waals surface area contributed by atoms with Crippen LogP contribution in [0.4, 0.5) is 11.5 Å². The van der Waals surface area contributed by atoms with Crippen LogP contribution in [0, 0.1) is 11.3 Å². The number of pyridine rings is 1. The number of nitriles is 1. The first-order valence-corrected chi connectivity index (χ1v) is 12.7. The standard InChI is InChI=1S/C27H33ClN5/c1-2-31-15-17-32(18-16-31)27(12-4-3-5-13-27)21-33(26-22(20-29)8-7-14-30-26)19-11-23-24(28)9-6-10-25(23)33/h6-11,14,19H,2-5,12-13,15-18,21H2,1H3/q+1. The van der Waals surface area contributed by atoms with Gasteiger partial charge in [-0.2, -0.15) is 5.26 Å². The van der Waals surface area contributed by atoms with Gasteiger partial charge >= 0.3 is 0 Å². The molecule has 0 spiro atoms. The molecule has 0 bridgehead atoms. The molecule has 1 saturated heterocycles. The highest BCUT2D eigenvalue weighted by atomic mass is 35.5. The van der Waals surface area contributed by atoms with Crippen molar-refractivity contribution in [1.82, 2.24) is 19.3 Å². The molecule has 0 amide bonds. The van der Waals surface area contributed by atoms with Crippen LogP contribution >= 0.6 is 11.6 Å². The second-order valence-corrected chi connectivity index (χ2v) is 10.1. The van der Waals surface area contributed by atoms with Crippen LogP contribution in [0.25, 0.3) is 6.08 Å². The number of hydrogen-bond donors (Lipinski definition) is 0. The molecule has 5 nitrogen and oxygen atoms in total. The summed E-state index contributed by atoms with van der Waals surface area (Å²) in [6.45, 7) is 8.73. The lowest BCUT2D eigenvalue weighted by molar-refractivity contribution is 0.000137. The number of halogens is 1. The molecule has 5 rings (SSSR count). The number of likely N-dealkylation sites (N-methyl/N-ethyl adjacent to an activating group) is 1. The van der Waals surface area contributed by atoms with Crippen LogP contribution in [0.15, 0.2) is 42.7 Å². The van der Waals surface area contributed by atoms with E-state index in [0.29, 0.717) is 10.0 Å². The predicted octanol–water partition coefficient (Wildman–Crippen LogP) is 5.57. The van der Waals surface area contributed by atoms with Gasteiger partial charge in [-0.25, -0.2) is 9.47 Å². The summed E-state index contributed by atoms with van der Waals surface area (Å²) in [5, 5.41) is 10.8. The monoisotopic (exact) mass is 462 g/mol. The Bertz CT molecular complexity index is 1080. The van der Waals surface area contributed by atoms with E-state index < -0.39 is 0 Å². The van der Waals surface area contributed by atoms with Crippen molar-refractivity contribution in [3.8, 4) is 6.07 Å². The van der Waals surface area contributed by atoms with Crippen LogP contribution in [0.3, 0.4) is 0 Å². The molecule has 0 N–H and O–H groups in total. The van der Waals surface area contributed by atoms with Gasteiger partial charge in [-0.1, -0.05) is 43.9 Å². The molecule has 1 aromatic carbocycles. The number of benzene rings is 1. The van der Waals surface area contributed by atoms with Gasteiger partial charge in [0.1, 0.15) is 24.4 Å². The maximum atomic E-state index is 10.0. The Morgan fingerprint density at radius 2 is 1.88 bits per heavy atom. The fraction of sp³-hybridized carbons (Fsp3) is 0.481. The zero-order valence-corrected chi connectivity index (χ0v) is 20.3. The lowest BCUT2D eigenvalue weighted by Gasteiger charge is -2.52. The minimum Gasteiger partial charge on any atom is -0.301 e. The number of hydrogen-bond acceptors (Lipinski definition) is 4. The van der Waals surface area contributed by atoms with Gasteiger partial charge in [0.25, 0.3) is 5.82 Å². The Morgan fingerprint density at radius 1 is 1.09 bits per heavy atom. The SMILES string of the molecule is CCN1CCN(C2(C[N+]3(c4ncccc4C#N)C=Cc4c(Cl)cccc43)CCCCC2)CC1. The minimum atomic E-state index is 0.0800. The molecule has 1 aliphatic carbocycles. The molecule has 3 aliphatic rings. The third-order valence-electron chi connectivity index (χ3n) is 8.06. The van der Waals surface area contributed by atoms with Crippen LogP contribution in [0.2, 0.25) is 5.02 Å². The molecule has 2 aromatic rings. The molecule has 172 valence electrons. The number of piperazine rings is 1. The van der Waals surface area contributed by atoms with E-state index in [9.17, 15) is 5.26 Å². The third kappa shape index (κ3) is 3.90. The van der Waals surface area contributed by atoms with Gasteiger partial charge < -0.3 is 4.90 Å². The highest BCUT2D eigenvalue weighted by molar-refractivity contribution is 6.32. The highest BCUT2D eigenvalue weighted by Crippen LogP contribution is 2.49. The maximum Gasteiger partial charge on any atom is 0.255 e. The van der Waals surface area contributed by atoms with E-state index in [1.165, 1.54) is 32.1 Å². The zero-order chi connectivity index (χ0) is 22.9. The summed E-state index contributed by atoms with van der Waals surface area (Å²) in [5.74, 6) is 0.814. The van der Waals surface area contributed by atoms with E-state index in [-0.39, 0.29) is 5.54 Å². The molecule has 33 heavy (non-hydrogen) atoms. The average molecular weight is 463 g/mol. The summed E-state index contributed by atoms with van der Waals surface area (Å²) in [6.07, 6.45) is 12.4.